The second kappa shape index (κ2) is 4.91. The van der Waals surface area contributed by atoms with Crippen LogP contribution in [0.25, 0.3) is 0 Å². The van der Waals surface area contributed by atoms with E-state index in [4.69, 9.17) is 5.73 Å². The van der Waals surface area contributed by atoms with E-state index in [0.717, 1.165) is 13.0 Å². The summed E-state index contributed by atoms with van der Waals surface area (Å²) in [4.78, 5) is 10.6. The molecule has 0 spiro atoms. The number of amides is 1. The minimum absolute atomic E-state index is 0.00699. The number of hydrogen-bond donors (Lipinski definition) is 2. The van der Waals surface area contributed by atoms with Gasteiger partial charge in [0.05, 0.1) is 0 Å². The van der Waals surface area contributed by atoms with Crippen LogP contribution in [0.2, 0.25) is 0 Å². The average Bonchev–Trinajstić information content (AvgIpc) is 1.98. The smallest absolute Gasteiger partial charge is 0.245 e. The summed E-state index contributed by atoms with van der Waals surface area (Å²) in [5, 5.41) is 3.11. The van der Waals surface area contributed by atoms with Gasteiger partial charge >= 0.3 is 0 Å². The van der Waals surface area contributed by atoms with Gasteiger partial charge in [0.25, 0.3) is 0 Å². The number of carbonyl (C=O) groups excluding carboxylic acids is 1. The molecule has 1 amide bonds. The van der Waals surface area contributed by atoms with E-state index in [1.54, 1.807) is 0 Å². The van der Waals surface area contributed by atoms with E-state index < -0.39 is 5.91 Å². The largest absolute Gasteiger partial charge is 0.366 e. The Morgan fingerprint density at radius 3 is 2.64 bits per heavy atom. The van der Waals surface area contributed by atoms with Crippen LogP contribution < -0.4 is 11.1 Å². The van der Waals surface area contributed by atoms with Gasteiger partial charge in [-0.25, -0.2) is 0 Å². The number of nitrogens with two attached hydrogens (primary N) is 1. The summed E-state index contributed by atoms with van der Waals surface area (Å²) in [6.45, 7) is 8.39. The molecule has 3 nitrogen and oxygen atoms in total. The first-order valence-corrected chi connectivity index (χ1v) is 3.81. The van der Waals surface area contributed by atoms with Crippen molar-refractivity contribution in [1.82, 2.24) is 5.32 Å². The number of hydrogen-bond acceptors (Lipinski definition) is 2. The Morgan fingerprint density at radius 2 is 2.27 bits per heavy atom. The Kier molecular flexibility index (Phi) is 4.54. The lowest BCUT2D eigenvalue weighted by atomic mass is 10.1. The van der Waals surface area contributed by atoms with Gasteiger partial charge in [-0.15, -0.1) is 0 Å². The van der Waals surface area contributed by atoms with Crippen LogP contribution in [0, 0.1) is 0 Å². The molecule has 0 heterocycles. The first-order chi connectivity index (χ1) is 5.09. The molecule has 1 atom stereocenters. The van der Waals surface area contributed by atoms with E-state index in [-0.39, 0.29) is 6.04 Å². The molecule has 0 rings (SSSR count). The number of carbonyl (C=O) groups is 1. The molecule has 0 aliphatic heterocycles. The van der Waals surface area contributed by atoms with Crippen molar-refractivity contribution in [2.45, 2.75) is 26.3 Å². The maximum atomic E-state index is 10.6. The lowest BCUT2D eigenvalue weighted by Gasteiger charge is -2.12. The molecule has 0 fully saturated rings. The minimum Gasteiger partial charge on any atom is -0.366 e. The number of nitrogens with one attached hydrogen (secondary N) is 1. The van der Waals surface area contributed by atoms with Crippen LogP contribution in [0.5, 0.6) is 0 Å². The van der Waals surface area contributed by atoms with E-state index in [0.29, 0.717) is 5.57 Å². The lowest BCUT2D eigenvalue weighted by molar-refractivity contribution is -0.114. The molecular weight excluding hydrogens is 140 g/mol. The quantitative estimate of drug-likeness (QED) is 0.567. The molecule has 3 heteroatoms. The van der Waals surface area contributed by atoms with E-state index in [1.165, 1.54) is 0 Å². The first-order valence-electron chi connectivity index (χ1n) is 3.81. The zero-order chi connectivity index (χ0) is 8.85. The molecule has 3 N–H and O–H groups in total. The summed E-state index contributed by atoms with van der Waals surface area (Å²) >= 11 is 0. The zero-order valence-electron chi connectivity index (χ0n) is 7.18. The third-order valence-electron chi connectivity index (χ3n) is 1.54. The van der Waals surface area contributed by atoms with Crippen molar-refractivity contribution in [2.24, 2.45) is 5.73 Å². The van der Waals surface area contributed by atoms with Gasteiger partial charge in [-0.3, -0.25) is 4.79 Å². The molecule has 0 aliphatic rings. The fraction of sp³-hybridized carbons (Fsp3) is 0.625. The third kappa shape index (κ3) is 3.78. The molecule has 0 aromatic carbocycles. The Labute approximate surface area is 67.7 Å². The van der Waals surface area contributed by atoms with Crippen molar-refractivity contribution < 1.29 is 4.79 Å². The Balaban J connectivity index is 3.73. The highest BCUT2D eigenvalue weighted by atomic mass is 16.1. The molecule has 0 saturated carbocycles. The molecule has 0 saturated heterocycles. The Hall–Kier alpha value is -0.830. The summed E-state index contributed by atoms with van der Waals surface area (Å²) in [7, 11) is 0. The molecule has 0 aromatic rings. The highest BCUT2D eigenvalue weighted by Crippen LogP contribution is 1.96. The fourth-order valence-corrected chi connectivity index (χ4v) is 0.697. The van der Waals surface area contributed by atoms with Crippen LogP contribution in [0.15, 0.2) is 12.2 Å². The first kappa shape index (κ1) is 10.2. The van der Waals surface area contributed by atoms with Gasteiger partial charge in [0, 0.05) is 11.6 Å². The summed E-state index contributed by atoms with van der Waals surface area (Å²) in [5.41, 5.74) is 5.47. The highest BCUT2D eigenvalue weighted by molar-refractivity contribution is 5.92. The van der Waals surface area contributed by atoms with Crippen LogP contribution in [-0.4, -0.2) is 18.5 Å². The van der Waals surface area contributed by atoms with E-state index in [1.807, 2.05) is 6.92 Å². The monoisotopic (exact) mass is 156 g/mol. The predicted octanol–water partition coefficient (Wildman–Crippen LogP) is 0.416. The van der Waals surface area contributed by atoms with Gasteiger partial charge in [-0.2, -0.15) is 0 Å². The second-order valence-electron chi connectivity index (χ2n) is 2.57. The van der Waals surface area contributed by atoms with Gasteiger partial charge in [0.1, 0.15) is 0 Å². The maximum absolute atomic E-state index is 10.6. The van der Waals surface area contributed by atoms with Crippen molar-refractivity contribution >= 4 is 5.91 Å². The van der Waals surface area contributed by atoms with Gasteiger partial charge in [-0.05, 0) is 19.9 Å². The summed E-state index contributed by atoms with van der Waals surface area (Å²) < 4.78 is 0. The Morgan fingerprint density at radius 1 is 1.73 bits per heavy atom. The predicted molar refractivity (Wildman–Crippen MR) is 46.1 cm³/mol. The standard InChI is InChI=1S/C8H16N2O/c1-4-5-10-7(3)6(2)8(9)11/h7,10H,2,4-5H2,1,3H3,(H2,9,11). The molecule has 64 valence electrons. The highest BCUT2D eigenvalue weighted by Gasteiger charge is 2.09. The summed E-state index contributed by atoms with van der Waals surface area (Å²) in [6, 6.07) is -0.00699. The van der Waals surface area contributed by atoms with Crippen LogP contribution in [0.1, 0.15) is 20.3 Å². The molecule has 1 unspecified atom stereocenters. The molecular formula is C8H16N2O. The van der Waals surface area contributed by atoms with Crippen molar-refractivity contribution in [3.05, 3.63) is 12.2 Å². The molecule has 11 heavy (non-hydrogen) atoms. The molecule has 0 aliphatic carbocycles. The van der Waals surface area contributed by atoms with Crippen molar-refractivity contribution in [3.63, 3.8) is 0 Å². The minimum atomic E-state index is -0.430. The maximum Gasteiger partial charge on any atom is 0.245 e. The lowest BCUT2D eigenvalue weighted by Crippen LogP contribution is -2.33. The van der Waals surface area contributed by atoms with Crippen molar-refractivity contribution in [2.75, 3.05) is 6.54 Å². The van der Waals surface area contributed by atoms with E-state index in [2.05, 4.69) is 18.8 Å². The Bertz CT molecular complexity index is 154. The third-order valence-corrected chi connectivity index (χ3v) is 1.54. The van der Waals surface area contributed by atoms with Crippen LogP contribution in [-0.2, 0) is 4.79 Å². The van der Waals surface area contributed by atoms with Gasteiger partial charge < -0.3 is 11.1 Å². The molecule has 0 aromatic heterocycles. The normalized spacial score (nSPS) is 12.5. The topological polar surface area (TPSA) is 55.1 Å². The van der Waals surface area contributed by atoms with Crippen LogP contribution in [0.4, 0.5) is 0 Å². The van der Waals surface area contributed by atoms with Crippen molar-refractivity contribution in [3.8, 4) is 0 Å². The second-order valence-corrected chi connectivity index (χ2v) is 2.57. The van der Waals surface area contributed by atoms with E-state index in [9.17, 15) is 4.79 Å². The van der Waals surface area contributed by atoms with Gasteiger partial charge in [0.2, 0.25) is 5.91 Å². The van der Waals surface area contributed by atoms with Gasteiger partial charge in [0.15, 0.2) is 0 Å². The van der Waals surface area contributed by atoms with Gasteiger partial charge in [-0.1, -0.05) is 13.5 Å². The van der Waals surface area contributed by atoms with E-state index >= 15 is 0 Å². The SMILES string of the molecule is C=C(C(N)=O)C(C)NCCC. The summed E-state index contributed by atoms with van der Waals surface area (Å²) in [6.07, 6.45) is 1.04. The number of primary amides is 1. The average molecular weight is 156 g/mol. The summed E-state index contributed by atoms with van der Waals surface area (Å²) in [5.74, 6) is -0.430. The fourth-order valence-electron chi connectivity index (χ4n) is 0.697. The zero-order valence-corrected chi connectivity index (χ0v) is 7.18. The van der Waals surface area contributed by atoms with Crippen LogP contribution in [0.3, 0.4) is 0 Å². The van der Waals surface area contributed by atoms with Crippen molar-refractivity contribution in [1.29, 1.82) is 0 Å². The number of rotatable bonds is 5. The molecule has 0 radical (unpaired) electrons. The van der Waals surface area contributed by atoms with Crippen LogP contribution >= 0.6 is 0 Å². The molecule has 0 bridgehead atoms.